The molecule has 8 heteroatoms. The Hall–Kier alpha value is -4.72. The van der Waals surface area contributed by atoms with Crippen LogP contribution in [0.25, 0.3) is 33.4 Å². The van der Waals surface area contributed by atoms with Crippen LogP contribution in [-0.2, 0) is 6.11 Å². The highest BCUT2D eigenvalue weighted by Crippen LogP contribution is 2.35. The van der Waals surface area contributed by atoms with Crippen molar-refractivity contribution in [3.8, 4) is 44.9 Å². The van der Waals surface area contributed by atoms with E-state index in [1.807, 2.05) is 55.5 Å². The zero-order valence-corrected chi connectivity index (χ0v) is 21.6. The zero-order valence-electron chi connectivity index (χ0n) is 21.6. The summed E-state index contributed by atoms with van der Waals surface area (Å²) in [5.74, 6) is -2.32. The van der Waals surface area contributed by atoms with E-state index in [2.05, 4.69) is 4.74 Å². The Morgan fingerprint density at radius 1 is 0.488 bits per heavy atom. The number of alkyl halides is 5. The molecule has 0 aliphatic rings. The maximum absolute atomic E-state index is 14.9. The van der Waals surface area contributed by atoms with Crippen LogP contribution in [0.2, 0.25) is 0 Å². The lowest BCUT2D eigenvalue weighted by Gasteiger charge is -2.19. The van der Waals surface area contributed by atoms with Gasteiger partial charge >= 0.3 is 12.5 Å². The number of benzene rings is 5. The minimum absolute atomic E-state index is 0.146. The number of hydrogen-bond acceptors (Lipinski definition) is 2. The summed E-state index contributed by atoms with van der Waals surface area (Å²) in [5.41, 5.74) is 5.23. The molecule has 0 N–H and O–H groups in total. The first kappa shape index (κ1) is 27.8. The molecule has 0 radical (unpaired) electrons. The van der Waals surface area contributed by atoms with Crippen molar-refractivity contribution in [1.82, 2.24) is 0 Å². The molecule has 0 saturated carbocycles. The van der Waals surface area contributed by atoms with E-state index in [0.717, 1.165) is 34.4 Å². The van der Waals surface area contributed by atoms with Crippen LogP contribution in [0.4, 0.5) is 26.3 Å². The molecule has 5 aromatic rings. The molecule has 2 nitrogen and oxygen atoms in total. The lowest BCUT2D eigenvalue weighted by atomic mass is 9.99. The molecule has 0 aliphatic heterocycles. The van der Waals surface area contributed by atoms with Crippen molar-refractivity contribution in [3.63, 3.8) is 0 Å². The van der Waals surface area contributed by atoms with E-state index in [0.29, 0.717) is 5.56 Å². The van der Waals surface area contributed by atoms with Gasteiger partial charge in [0.2, 0.25) is 0 Å². The lowest BCUT2D eigenvalue weighted by molar-refractivity contribution is -0.275. The fourth-order valence-corrected chi connectivity index (χ4v) is 4.27. The van der Waals surface area contributed by atoms with Gasteiger partial charge in [0, 0.05) is 0 Å². The van der Waals surface area contributed by atoms with Crippen molar-refractivity contribution in [2.45, 2.75) is 19.4 Å². The van der Waals surface area contributed by atoms with Gasteiger partial charge in [-0.25, -0.2) is 4.39 Å². The molecule has 0 unspecified atom stereocenters. The first-order valence-electron chi connectivity index (χ1n) is 12.5. The van der Waals surface area contributed by atoms with E-state index in [1.54, 1.807) is 12.1 Å². The summed E-state index contributed by atoms with van der Waals surface area (Å²) in [5, 5.41) is 0. The van der Waals surface area contributed by atoms with Crippen LogP contribution in [0.3, 0.4) is 0 Å². The smallest absolute Gasteiger partial charge is 0.429 e. The van der Waals surface area contributed by atoms with Crippen LogP contribution in [0.15, 0.2) is 115 Å². The Balaban J connectivity index is 1.26. The van der Waals surface area contributed by atoms with Gasteiger partial charge in [-0.05, 0) is 76.7 Å². The minimum Gasteiger partial charge on any atom is -0.429 e. The third-order valence-corrected chi connectivity index (χ3v) is 6.42. The third-order valence-electron chi connectivity index (χ3n) is 6.42. The quantitative estimate of drug-likeness (QED) is 0.183. The van der Waals surface area contributed by atoms with E-state index in [-0.39, 0.29) is 16.9 Å². The van der Waals surface area contributed by atoms with Gasteiger partial charge in [-0.3, -0.25) is 0 Å². The second-order valence-electron chi connectivity index (χ2n) is 9.36. The van der Waals surface area contributed by atoms with Crippen LogP contribution < -0.4 is 9.47 Å². The van der Waals surface area contributed by atoms with E-state index in [4.69, 9.17) is 4.74 Å². The van der Waals surface area contributed by atoms with E-state index in [9.17, 15) is 26.3 Å². The summed E-state index contributed by atoms with van der Waals surface area (Å²) in [7, 11) is 0. The summed E-state index contributed by atoms with van der Waals surface area (Å²) in [4.78, 5) is 0. The molecule has 0 atom stereocenters. The Morgan fingerprint density at radius 3 is 1.39 bits per heavy atom. The van der Waals surface area contributed by atoms with E-state index >= 15 is 0 Å². The minimum atomic E-state index is -5.03. The van der Waals surface area contributed by atoms with Crippen molar-refractivity contribution < 1.29 is 35.8 Å². The van der Waals surface area contributed by atoms with Crippen LogP contribution in [0.1, 0.15) is 11.1 Å². The summed E-state index contributed by atoms with van der Waals surface area (Å²) in [6, 6.07) is 30.1. The molecule has 0 heterocycles. The predicted octanol–water partition coefficient (Wildman–Crippen LogP) is 10.2. The maximum Gasteiger partial charge on any atom is 0.573 e. The van der Waals surface area contributed by atoms with Gasteiger partial charge in [-0.15, -0.1) is 13.2 Å². The molecular formula is C33H22F6O2. The molecule has 0 amide bonds. The first-order valence-corrected chi connectivity index (χ1v) is 12.5. The molecule has 0 fully saturated rings. The van der Waals surface area contributed by atoms with E-state index in [1.165, 1.54) is 48.0 Å². The molecule has 41 heavy (non-hydrogen) atoms. The predicted molar refractivity (Wildman–Crippen MR) is 145 cm³/mol. The normalized spacial score (nSPS) is 11.8. The molecule has 5 aromatic carbocycles. The summed E-state index contributed by atoms with van der Waals surface area (Å²) >= 11 is 0. The molecule has 0 aromatic heterocycles. The number of halogens is 6. The SMILES string of the molecule is Cc1ccc(-c2ccc(-c3ccc(C(F)(F)Oc4ccc(-c5ccc(OC(F)(F)F)c(F)c5)cc4)cc3)cc2)cc1. The summed E-state index contributed by atoms with van der Waals surface area (Å²) in [6.07, 6.45) is -8.67. The van der Waals surface area contributed by atoms with Crippen LogP contribution in [0.5, 0.6) is 11.5 Å². The fourth-order valence-electron chi connectivity index (χ4n) is 4.27. The van der Waals surface area contributed by atoms with Crippen molar-refractivity contribution in [2.24, 2.45) is 0 Å². The van der Waals surface area contributed by atoms with Gasteiger partial charge < -0.3 is 9.47 Å². The average Bonchev–Trinajstić information content (AvgIpc) is 2.94. The number of ether oxygens (including phenoxy) is 2. The Labute approximate surface area is 232 Å². The van der Waals surface area contributed by atoms with Crippen molar-refractivity contribution in [3.05, 3.63) is 132 Å². The van der Waals surface area contributed by atoms with Crippen molar-refractivity contribution >= 4 is 0 Å². The molecule has 0 spiro atoms. The van der Waals surface area contributed by atoms with Gasteiger partial charge in [0.1, 0.15) is 5.75 Å². The Morgan fingerprint density at radius 2 is 0.902 bits per heavy atom. The molecule has 5 rings (SSSR count). The number of aryl methyl sites for hydroxylation is 1. The largest absolute Gasteiger partial charge is 0.573 e. The Bertz CT molecular complexity index is 1620. The second kappa shape index (κ2) is 11.0. The molecule has 0 aliphatic carbocycles. The highest BCUT2D eigenvalue weighted by atomic mass is 19.4. The van der Waals surface area contributed by atoms with Crippen LogP contribution in [-0.4, -0.2) is 6.36 Å². The lowest BCUT2D eigenvalue weighted by Crippen LogP contribution is -2.21. The molecule has 0 bridgehead atoms. The highest BCUT2D eigenvalue weighted by Gasteiger charge is 2.35. The van der Waals surface area contributed by atoms with Crippen LogP contribution in [0, 0.1) is 12.7 Å². The summed E-state index contributed by atoms with van der Waals surface area (Å²) < 4.78 is 89.5. The third kappa shape index (κ3) is 6.72. The van der Waals surface area contributed by atoms with Gasteiger partial charge in [0.25, 0.3) is 0 Å². The molecular weight excluding hydrogens is 542 g/mol. The fraction of sp³-hybridized carbons (Fsp3) is 0.0909. The standard InChI is InChI=1S/C33H22F6O2/c1-21-2-4-22(5-3-21)23-6-8-24(9-7-23)25-10-15-28(16-11-25)32(35,36)40-29-17-12-26(13-18-29)27-14-19-31(30(34)20-27)41-33(37,38)39/h2-20H,1H3. The number of hydrogen-bond donors (Lipinski definition) is 0. The van der Waals surface area contributed by atoms with Gasteiger partial charge in [-0.2, -0.15) is 8.78 Å². The molecule has 208 valence electrons. The topological polar surface area (TPSA) is 18.5 Å². The molecule has 0 saturated heterocycles. The van der Waals surface area contributed by atoms with Gasteiger partial charge in [0.15, 0.2) is 11.6 Å². The monoisotopic (exact) mass is 564 g/mol. The summed E-state index contributed by atoms with van der Waals surface area (Å²) in [6.45, 7) is 2.02. The average molecular weight is 565 g/mol. The zero-order chi connectivity index (χ0) is 29.2. The second-order valence-corrected chi connectivity index (χ2v) is 9.36. The maximum atomic E-state index is 14.9. The van der Waals surface area contributed by atoms with Crippen LogP contribution >= 0.6 is 0 Å². The van der Waals surface area contributed by atoms with Crippen molar-refractivity contribution in [2.75, 3.05) is 0 Å². The van der Waals surface area contributed by atoms with Crippen molar-refractivity contribution in [1.29, 1.82) is 0 Å². The van der Waals surface area contributed by atoms with Gasteiger partial charge in [0.05, 0.1) is 5.56 Å². The first-order chi connectivity index (χ1) is 19.5. The highest BCUT2D eigenvalue weighted by molar-refractivity contribution is 5.71. The Kier molecular flexibility index (Phi) is 7.49. The van der Waals surface area contributed by atoms with Gasteiger partial charge in [-0.1, -0.05) is 84.4 Å². The number of rotatable bonds is 7. The van der Waals surface area contributed by atoms with E-state index < -0.39 is 24.0 Å².